The Kier molecular flexibility index (Phi) is 3.96. The van der Waals surface area contributed by atoms with Crippen molar-refractivity contribution in [3.8, 4) is 0 Å². The normalized spacial score (nSPS) is 17.7. The minimum Gasteiger partial charge on any atom is -0.394 e. The zero-order chi connectivity index (χ0) is 13.2. The van der Waals surface area contributed by atoms with Crippen molar-refractivity contribution in [1.29, 1.82) is 0 Å². The lowest BCUT2D eigenvalue weighted by molar-refractivity contribution is 0.246. The van der Waals surface area contributed by atoms with E-state index in [2.05, 4.69) is 4.72 Å². The standard InChI is InChI=1S/C12H16ClNO3S/c13-8-5-10-1-3-11(4-2-10)18(16,17)14-12(9-15)6-7-12/h1-4,14-15H,5-9H2. The van der Waals surface area contributed by atoms with Crippen LogP contribution in [0.2, 0.25) is 0 Å². The van der Waals surface area contributed by atoms with E-state index in [1.165, 1.54) is 0 Å². The van der Waals surface area contributed by atoms with Crippen LogP contribution in [-0.4, -0.2) is 31.6 Å². The van der Waals surface area contributed by atoms with Crippen LogP contribution in [0.15, 0.2) is 29.2 Å². The zero-order valence-corrected chi connectivity index (χ0v) is 11.5. The Labute approximate surface area is 112 Å². The number of benzene rings is 1. The van der Waals surface area contributed by atoms with Crippen LogP contribution >= 0.6 is 11.6 Å². The first kappa shape index (κ1) is 13.8. The van der Waals surface area contributed by atoms with Crippen LogP contribution in [-0.2, 0) is 16.4 Å². The topological polar surface area (TPSA) is 66.4 Å². The molecule has 0 saturated heterocycles. The number of alkyl halides is 1. The van der Waals surface area contributed by atoms with Gasteiger partial charge >= 0.3 is 0 Å². The van der Waals surface area contributed by atoms with Crippen LogP contribution in [0.1, 0.15) is 18.4 Å². The molecule has 0 amide bonds. The third kappa shape index (κ3) is 3.03. The number of aliphatic hydroxyl groups excluding tert-OH is 1. The fraction of sp³-hybridized carbons (Fsp3) is 0.500. The number of hydrogen-bond donors (Lipinski definition) is 2. The first-order valence-electron chi connectivity index (χ1n) is 5.81. The smallest absolute Gasteiger partial charge is 0.241 e. The molecule has 0 heterocycles. The third-order valence-electron chi connectivity index (χ3n) is 3.12. The Hall–Kier alpha value is -0.620. The van der Waals surface area contributed by atoms with Gasteiger partial charge < -0.3 is 5.11 Å². The number of aliphatic hydroxyl groups is 1. The second-order valence-corrected chi connectivity index (χ2v) is 6.69. The van der Waals surface area contributed by atoms with E-state index in [0.29, 0.717) is 18.7 Å². The summed E-state index contributed by atoms with van der Waals surface area (Å²) in [6.45, 7) is -0.156. The summed E-state index contributed by atoms with van der Waals surface area (Å²) in [6.07, 6.45) is 2.09. The molecule has 1 saturated carbocycles. The average Bonchev–Trinajstić information content (AvgIpc) is 3.10. The maximum absolute atomic E-state index is 12.1. The Morgan fingerprint density at radius 2 is 1.89 bits per heavy atom. The summed E-state index contributed by atoms with van der Waals surface area (Å²) in [5, 5.41) is 9.14. The molecule has 2 rings (SSSR count). The summed E-state index contributed by atoms with van der Waals surface area (Å²) in [6, 6.07) is 6.65. The minimum absolute atomic E-state index is 0.156. The summed E-state index contributed by atoms with van der Waals surface area (Å²) < 4.78 is 26.7. The van der Waals surface area contributed by atoms with Crippen molar-refractivity contribution in [2.75, 3.05) is 12.5 Å². The highest BCUT2D eigenvalue weighted by Crippen LogP contribution is 2.36. The van der Waals surface area contributed by atoms with Crippen molar-refractivity contribution < 1.29 is 13.5 Å². The van der Waals surface area contributed by atoms with Crippen molar-refractivity contribution >= 4 is 21.6 Å². The Bertz CT molecular complexity index is 509. The van der Waals surface area contributed by atoms with E-state index in [1.807, 2.05) is 0 Å². The molecule has 0 unspecified atom stereocenters. The second kappa shape index (κ2) is 5.17. The fourth-order valence-corrected chi connectivity index (χ4v) is 3.40. The minimum atomic E-state index is -3.54. The van der Waals surface area contributed by atoms with Gasteiger partial charge in [0.1, 0.15) is 0 Å². The van der Waals surface area contributed by atoms with Gasteiger partial charge in [-0.25, -0.2) is 13.1 Å². The number of aryl methyl sites for hydroxylation is 1. The average molecular weight is 290 g/mol. The van der Waals surface area contributed by atoms with Gasteiger partial charge in [-0.2, -0.15) is 0 Å². The predicted octanol–water partition coefficient (Wildman–Crippen LogP) is 1.27. The van der Waals surface area contributed by atoms with E-state index in [4.69, 9.17) is 16.7 Å². The van der Waals surface area contributed by atoms with E-state index in [0.717, 1.165) is 12.0 Å². The monoisotopic (exact) mass is 289 g/mol. The van der Waals surface area contributed by atoms with Crippen LogP contribution in [0.25, 0.3) is 0 Å². The predicted molar refractivity (Wildman–Crippen MR) is 70.2 cm³/mol. The van der Waals surface area contributed by atoms with E-state index in [-0.39, 0.29) is 11.5 Å². The summed E-state index contributed by atoms with van der Waals surface area (Å²) in [4.78, 5) is 0.223. The number of halogens is 1. The first-order valence-corrected chi connectivity index (χ1v) is 7.83. The lowest BCUT2D eigenvalue weighted by Crippen LogP contribution is -2.39. The molecule has 1 aliphatic rings. The zero-order valence-electron chi connectivity index (χ0n) is 9.89. The lowest BCUT2D eigenvalue weighted by Gasteiger charge is -2.14. The van der Waals surface area contributed by atoms with Gasteiger partial charge in [0, 0.05) is 5.88 Å². The first-order chi connectivity index (χ1) is 8.51. The Balaban J connectivity index is 2.14. The molecule has 6 heteroatoms. The van der Waals surface area contributed by atoms with E-state index < -0.39 is 15.6 Å². The number of rotatable bonds is 6. The molecule has 1 fully saturated rings. The van der Waals surface area contributed by atoms with E-state index >= 15 is 0 Å². The third-order valence-corrected chi connectivity index (χ3v) is 4.91. The summed E-state index contributed by atoms with van der Waals surface area (Å²) in [5.74, 6) is 0.512. The number of hydrogen-bond acceptors (Lipinski definition) is 3. The van der Waals surface area contributed by atoms with Gasteiger partial charge in [-0.15, -0.1) is 11.6 Å². The second-order valence-electron chi connectivity index (χ2n) is 4.63. The molecular weight excluding hydrogens is 274 g/mol. The molecule has 4 nitrogen and oxygen atoms in total. The molecule has 1 aromatic rings. The number of sulfonamides is 1. The van der Waals surface area contributed by atoms with Gasteiger partial charge in [0.2, 0.25) is 10.0 Å². The van der Waals surface area contributed by atoms with Crippen LogP contribution in [0, 0.1) is 0 Å². The van der Waals surface area contributed by atoms with Gasteiger partial charge in [0.25, 0.3) is 0 Å². The fourth-order valence-electron chi connectivity index (χ4n) is 1.73. The molecule has 2 N–H and O–H groups in total. The Morgan fingerprint density at radius 1 is 1.28 bits per heavy atom. The lowest BCUT2D eigenvalue weighted by atomic mass is 10.2. The summed E-state index contributed by atoms with van der Waals surface area (Å²) in [7, 11) is -3.54. The van der Waals surface area contributed by atoms with Gasteiger partial charge in [-0.1, -0.05) is 12.1 Å². The van der Waals surface area contributed by atoms with Crippen molar-refractivity contribution in [2.45, 2.75) is 29.7 Å². The maximum atomic E-state index is 12.1. The van der Waals surface area contributed by atoms with E-state index in [9.17, 15) is 8.42 Å². The highest BCUT2D eigenvalue weighted by atomic mass is 35.5. The molecular formula is C12H16ClNO3S. The van der Waals surface area contributed by atoms with Crippen LogP contribution in [0.4, 0.5) is 0 Å². The van der Waals surface area contributed by atoms with Gasteiger partial charge in [0.15, 0.2) is 0 Å². The molecule has 18 heavy (non-hydrogen) atoms. The molecule has 1 aliphatic carbocycles. The SMILES string of the molecule is O=S(=O)(NC1(CO)CC1)c1ccc(CCCl)cc1. The molecule has 1 aromatic carbocycles. The van der Waals surface area contributed by atoms with Crippen LogP contribution in [0.3, 0.4) is 0 Å². The largest absolute Gasteiger partial charge is 0.394 e. The molecule has 0 bridgehead atoms. The van der Waals surface area contributed by atoms with Gasteiger partial charge in [-0.05, 0) is 37.0 Å². The van der Waals surface area contributed by atoms with Gasteiger partial charge in [0.05, 0.1) is 17.0 Å². The molecule has 100 valence electrons. The molecule has 0 aromatic heterocycles. The van der Waals surface area contributed by atoms with Crippen molar-refractivity contribution in [3.63, 3.8) is 0 Å². The highest BCUT2D eigenvalue weighted by molar-refractivity contribution is 7.89. The highest BCUT2D eigenvalue weighted by Gasteiger charge is 2.45. The quantitative estimate of drug-likeness (QED) is 0.775. The maximum Gasteiger partial charge on any atom is 0.241 e. The van der Waals surface area contributed by atoms with Crippen molar-refractivity contribution in [2.24, 2.45) is 0 Å². The Morgan fingerprint density at radius 3 is 2.33 bits per heavy atom. The number of nitrogens with one attached hydrogen (secondary N) is 1. The van der Waals surface area contributed by atoms with Crippen LogP contribution < -0.4 is 4.72 Å². The van der Waals surface area contributed by atoms with Gasteiger partial charge in [-0.3, -0.25) is 0 Å². The van der Waals surface area contributed by atoms with Crippen LogP contribution in [0.5, 0.6) is 0 Å². The molecule has 0 atom stereocenters. The van der Waals surface area contributed by atoms with Crippen molar-refractivity contribution in [1.82, 2.24) is 4.72 Å². The summed E-state index contributed by atoms with van der Waals surface area (Å²) >= 11 is 5.62. The molecule has 0 aliphatic heterocycles. The van der Waals surface area contributed by atoms with E-state index in [1.54, 1.807) is 24.3 Å². The molecule has 0 spiro atoms. The van der Waals surface area contributed by atoms with Crippen molar-refractivity contribution in [3.05, 3.63) is 29.8 Å². The molecule has 0 radical (unpaired) electrons. The summed E-state index contributed by atoms with van der Waals surface area (Å²) in [5.41, 5.74) is 0.375.